The SMILES string of the molecule is Fc1cc(F)c(-c2c(Cl)nc3ncnn3c2[C@@H]2CCCC[C@H]2F)c(F)c1. The van der Waals surface area contributed by atoms with Crippen LogP contribution in [-0.4, -0.2) is 25.8 Å². The highest BCUT2D eigenvalue weighted by Crippen LogP contribution is 2.43. The normalized spacial score (nSPS) is 20.7. The molecule has 0 spiro atoms. The van der Waals surface area contributed by atoms with E-state index in [4.69, 9.17) is 11.6 Å². The Hall–Kier alpha value is -2.22. The molecule has 1 fully saturated rings. The summed E-state index contributed by atoms with van der Waals surface area (Å²) in [5, 5.41) is 3.80. The molecule has 0 amide bonds. The topological polar surface area (TPSA) is 43.1 Å². The first kappa shape index (κ1) is 17.2. The number of rotatable bonds is 2. The summed E-state index contributed by atoms with van der Waals surface area (Å²) in [6.45, 7) is 0. The third-order valence-corrected chi connectivity index (χ3v) is 4.98. The zero-order chi connectivity index (χ0) is 18.4. The van der Waals surface area contributed by atoms with Crippen molar-refractivity contribution in [1.82, 2.24) is 19.6 Å². The Morgan fingerprint density at radius 3 is 2.42 bits per heavy atom. The van der Waals surface area contributed by atoms with Crippen molar-refractivity contribution in [3.05, 3.63) is 46.8 Å². The highest BCUT2D eigenvalue weighted by molar-refractivity contribution is 6.32. The van der Waals surface area contributed by atoms with Gasteiger partial charge in [-0.2, -0.15) is 15.1 Å². The summed E-state index contributed by atoms with van der Waals surface area (Å²) in [6, 6.07) is 1.11. The zero-order valence-electron chi connectivity index (χ0n) is 13.4. The van der Waals surface area contributed by atoms with Crippen molar-refractivity contribution in [2.24, 2.45) is 0 Å². The van der Waals surface area contributed by atoms with E-state index in [2.05, 4.69) is 15.1 Å². The fourth-order valence-corrected chi connectivity index (χ4v) is 3.85. The molecule has 0 saturated heterocycles. The molecule has 4 nitrogen and oxygen atoms in total. The first-order valence-corrected chi connectivity index (χ1v) is 8.53. The van der Waals surface area contributed by atoms with Crippen molar-refractivity contribution in [3.63, 3.8) is 0 Å². The van der Waals surface area contributed by atoms with E-state index in [1.165, 1.54) is 10.8 Å². The van der Waals surface area contributed by atoms with Crippen LogP contribution >= 0.6 is 11.6 Å². The summed E-state index contributed by atoms with van der Waals surface area (Å²) in [6.07, 6.45) is 2.27. The number of hydrogen-bond donors (Lipinski definition) is 0. The van der Waals surface area contributed by atoms with Crippen molar-refractivity contribution in [2.45, 2.75) is 37.8 Å². The molecule has 1 aromatic carbocycles. The second kappa shape index (κ2) is 6.50. The fraction of sp³-hybridized carbons (Fsp3) is 0.353. The molecule has 136 valence electrons. The van der Waals surface area contributed by atoms with Gasteiger partial charge in [0.1, 0.15) is 35.1 Å². The highest BCUT2D eigenvalue weighted by atomic mass is 35.5. The van der Waals surface area contributed by atoms with Gasteiger partial charge in [0.25, 0.3) is 5.78 Å². The third-order valence-electron chi connectivity index (χ3n) is 4.71. The molecule has 1 saturated carbocycles. The van der Waals surface area contributed by atoms with Crippen LogP contribution < -0.4 is 0 Å². The van der Waals surface area contributed by atoms with Crippen LogP contribution in [0.1, 0.15) is 37.3 Å². The Kier molecular flexibility index (Phi) is 4.30. The van der Waals surface area contributed by atoms with E-state index in [0.29, 0.717) is 25.0 Å². The predicted molar refractivity (Wildman–Crippen MR) is 87.2 cm³/mol. The Morgan fingerprint density at radius 2 is 1.73 bits per heavy atom. The molecule has 0 unspecified atom stereocenters. The number of nitrogens with zero attached hydrogens (tertiary/aromatic N) is 4. The van der Waals surface area contributed by atoms with E-state index < -0.39 is 35.1 Å². The van der Waals surface area contributed by atoms with Gasteiger partial charge in [-0.1, -0.05) is 24.4 Å². The first-order valence-electron chi connectivity index (χ1n) is 8.15. The average Bonchev–Trinajstić information content (AvgIpc) is 3.03. The summed E-state index contributed by atoms with van der Waals surface area (Å²) < 4.78 is 58.2. The van der Waals surface area contributed by atoms with Gasteiger partial charge in [0.15, 0.2) is 0 Å². The minimum atomic E-state index is -1.22. The van der Waals surface area contributed by atoms with Crippen LogP contribution in [-0.2, 0) is 0 Å². The van der Waals surface area contributed by atoms with Crippen LogP contribution in [0.15, 0.2) is 18.5 Å². The van der Waals surface area contributed by atoms with E-state index in [9.17, 15) is 17.6 Å². The maximum Gasteiger partial charge on any atom is 0.253 e. The molecule has 0 bridgehead atoms. The second-order valence-corrected chi connectivity index (χ2v) is 6.64. The van der Waals surface area contributed by atoms with Gasteiger partial charge < -0.3 is 0 Å². The second-order valence-electron chi connectivity index (χ2n) is 6.29. The number of halogens is 5. The van der Waals surface area contributed by atoms with Gasteiger partial charge in [-0.15, -0.1) is 0 Å². The fourth-order valence-electron chi connectivity index (χ4n) is 3.59. The van der Waals surface area contributed by atoms with Gasteiger partial charge in [0.2, 0.25) is 0 Å². The third kappa shape index (κ3) is 2.72. The summed E-state index contributed by atoms with van der Waals surface area (Å²) >= 11 is 6.21. The maximum atomic E-state index is 14.7. The van der Waals surface area contributed by atoms with Crippen LogP contribution in [0.3, 0.4) is 0 Å². The number of benzene rings is 1. The minimum Gasteiger partial charge on any atom is -0.247 e. The van der Waals surface area contributed by atoms with E-state index in [1.54, 1.807) is 0 Å². The lowest BCUT2D eigenvalue weighted by molar-refractivity contribution is 0.212. The predicted octanol–water partition coefficient (Wildman–Crippen LogP) is 4.86. The van der Waals surface area contributed by atoms with Crippen LogP contribution in [0, 0.1) is 17.5 Å². The van der Waals surface area contributed by atoms with Crippen LogP contribution in [0.25, 0.3) is 16.9 Å². The van der Waals surface area contributed by atoms with E-state index in [0.717, 1.165) is 12.8 Å². The lowest BCUT2D eigenvalue weighted by Crippen LogP contribution is -2.23. The Balaban J connectivity index is 2.06. The van der Waals surface area contributed by atoms with Crippen molar-refractivity contribution in [1.29, 1.82) is 0 Å². The summed E-state index contributed by atoms with van der Waals surface area (Å²) in [4.78, 5) is 7.94. The molecule has 26 heavy (non-hydrogen) atoms. The standard InChI is InChI=1S/C17H13ClF4N4/c18-16-14(13-11(21)5-8(19)6-12(13)22)15(9-3-1-2-4-10(9)20)26-17(25-16)23-7-24-26/h5-7,9-10H,1-4H2/t9-,10-/m1/s1. The average molecular weight is 385 g/mol. The summed E-state index contributed by atoms with van der Waals surface area (Å²) in [7, 11) is 0. The van der Waals surface area contributed by atoms with Gasteiger partial charge in [-0.25, -0.2) is 22.1 Å². The number of alkyl halides is 1. The maximum absolute atomic E-state index is 14.7. The quantitative estimate of drug-likeness (QED) is 0.468. The summed E-state index contributed by atoms with van der Waals surface area (Å²) in [5.41, 5.74) is -0.461. The molecule has 3 aromatic rings. The lowest BCUT2D eigenvalue weighted by atomic mass is 9.82. The molecule has 0 radical (unpaired) electrons. The van der Waals surface area contributed by atoms with Gasteiger partial charge in [0.05, 0.1) is 11.3 Å². The van der Waals surface area contributed by atoms with Crippen LogP contribution in [0.5, 0.6) is 0 Å². The van der Waals surface area contributed by atoms with Crippen LogP contribution in [0.4, 0.5) is 17.6 Å². The Labute approximate surface area is 150 Å². The molecular formula is C17H13ClF4N4. The number of aromatic nitrogens is 4. The first-order chi connectivity index (χ1) is 12.5. The number of hydrogen-bond acceptors (Lipinski definition) is 3. The van der Waals surface area contributed by atoms with Crippen LogP contribution in [0.2, 0.25) is 5.15 Å². The van der Waals surface area contributed by atoms with Gasteiger partial charge in [-0.05, 0) is 12.8 Å². The smallest absolute Gasteiger partial charge is 0.247 e. The van der Waals surface area contributed by atoms with Gasteiger partial charge in [-0.3, -0.25) is 0 Å². The van der Waals surface area contributed by atoms with E-state index in [1.807, 2.05) is 0 Å². The summed E-state index contributed by atoms with van der Waals surface area (Å²) in [5.74, 6) is -3.91. The lowest BCUT2D eigenvalue weighted by Gasteiger charge is -2.28. The molecule has 2 aromatic heterocycles. The van der Waals surface area contributed by atoms with Crippen molar-refractivity contribution < 1.29 is 17.6 Å². The van der Waals surface area contributed by atoms with Gasteiger partial charge in [0, 0.05) is 23.6 Å². The largest absolute Gasteiger partial charge is 0.253 e. The van der Waals surface area contributed by atoms with E-state index in [-0.39, 0.29) is 22.2 Å². The molecule has 4 rings (SSSR count). The highest BCUT2D eigenvalue weighted by Gasteiger charge is 2.34. The Bertz CT molecular complexity index is 967. The molecular weight excluding hydrogens is 372 g/mol. The monoisotopic (exact) mass is 384 g/mol. The molecule has 2 heterocycles. The molecule has 1 aliphatic carbocycles. The number of fused-ring (bicyclic) bond motifs is 1. The zero-order valence-corrected chi connectivity index (χ0v) is 14.1. The van der Waals surface area contributed by atoms with Crippen molar-refractivity contribution in [3.8, 4) is 11.1 Å². The molecule has 0 N–H and O–H groups in total. The molecule has 9 heteroatoms. The minimum absolute atomic E-state index is 0.106. The van der Waals surface area contributed by atoms with Crippen molar-refractivity contribution >= 4 is 17.4 Å². The Morgan fingerprint density at radius 1 is 1.04 bits per heavy atom. The van der Waals surface area contributed by atoms with Crippen molar-refractivity contribution in [2.75, 3.05) is 0 Å². The molecule has 1 aliphatic rings. The van der Waals surface area contributed by atoms with Gasteiger partial charge >= 0.3 is 0 Å². The van der Waals surface area contributed by atoms with E-state index >= 15 is 0 Å². The molecule has 2 atom stereocenters. The molecule has 0 aliphatic heterocycles.